The maximum atomic E-state index is 13.2. The molecule has 1 fully saturated rings. The second-order valence-electron chi connectivity index (χ2n) is 9.26. The lowest BCUT2D eigenvalue weighted by atomic mass is 9.85. The van der Waals surface area contributed by atoms with E-state index in [1.807, 2.05) is 50.3 Å². The van der Waals surface area contributed by atoms with Crippen molar-refractivity contribution in [1.29, 1.82) is 0 Å². The Balaban J connectivity index is 1.78. The third kappa shape index (κ3) is 4.83. The Morgan fingerprint density at radius 1 is 1.03 bits per heavy atom. The first-order chi connectivity index (χ1) is 14.7. The van der Waals surface area contributed by atoms with Gasteiger partial charge in [0.25, 0.3) is 0 Å². The van der Waals surface area contributed by atoms with Crippen molar-refractivity contribution in [3.8, 4) is 0 Å². The van der Waals surface area contributed by atoms with E-state index in [1.165, 1.54) is 4.90 Å². The molecule has 0 aromatic heterocycles. The molecular formula is C25H35N3O3. The molecule has 1 aliphatic carbocycles. The summed E-state index contributed by atoms with van der Waals surface area (Å²) in [5.74, 6) is -1.18. The largest absolute Gasteiger partial charge is 0.369 e. The Labute approximate surface area is 185 Å². The topological polar surface area (TPSA) is 69.7 Å². The van der Waals surface area contributed by atoms with Gasteiger partial charge >= 0.3 is 0 Å². The summed E-state index contributed by atoms with van der Waals surface area (Å²) in [7, 11) is 0. The highest BCUT2D eigenvalue weighted by molar-refractivity contribution is 6.10. The molecule has 31 heavy (non-hydrogen) atoms. The van der Waals surface area contributed by atoms with Gasteiger partial charge < -0.3 is 10.2 Å². The molecule has 3 rings (SSSR count). The maximum absolute atomic E-state index is 13.2. The molecule has 1 saturated heterocycles. The summed E-state index contributed by atoms with van der Waals surface area (Å²) in [6, 6.07) is 7.33. The lowest BCUT2D eigenvalue weighted by Crippen LogP contribution is -2.48. The Hall–Kier alpha value is -2.63. The predicted molar refractivity (Wildman–Crippen MR) is 124 cm³/mol. The van der Waals surface area contributed by atoms with Crippen molar-refractivity contribution in [2.45, 2.75) is 66.0 Å². The minimum atomic E-state index is -0.784. The fourth-order valence-corrected chi connectivity index (χ4v) is 4.72. The third-order valence-electron chi connectivity index (χ3n) is 6.28. The van der Waals surface area contributed by atoms with Crippen LogP contribution in [-0.4, -0.2) is 41.2 Å². The highest BCUT2D eigenvalue weighted by Gasteiger charge is 2.51. The van der Waals surface area contributed by atoms with Crippen molar-refractivity contribution >= 4 is 29.1 Å². The van der Waals surface area contributed by atoms with Crippen LogP contribution in [0.25, 0.3) is 0 Å². The number of nitrogens with zero attached hydrogens (tertiary/aromatic N) is 2. The number of rotatable bonds is 8. The number of benzene rings is 1. The lowest BCUT2D eigenvalue weighted by molar-refractivity contribution is -0.147. The van der Waals surface area contributed by atoms with E-state index in [9.17, 15) is 14.4 Å². The first kappa shape index (κ1) is 23.0. The zero-order valence-corrected chi connectivity index (χ0v) is 19.3. The Morgan fingerprint density at radius 2 is 1.58 bits per heavy atom. The van der Waals surface area contributed by atoms with E-state index in [1.54, 1.807) is 0 Å². The fourth-order valence-electron chi connectivity index (χ4n) is 4.72. The summed E-state index contributed by atoms with van der Waals surface area (Å²) in [4.78, 5) is 42.8. The summed E-state index contributed by atoms with van der Waals surface area (Å²) in [6.07, 6.45) is 5.53. The molecule has 6 heteroatoms. The number of imide groups is 1. The lowest BCUT2D eigenvalue weighted by Gasteiger charge is -2.28. The molecular weight excluding hydrogens is 390 g/mol. The van der Waals surface area contributed by atoms with Crippen molar-refractivity contribution in [2.24, 2.45) is 17.8 Å². The first-order valence-electron chi connectivity index (χ1n) is 11.4. The first-order valence-corrected chi connectivity index (χ1v) is 11.4. The van der Waals surface area contributed by atoms with Crippen molar-refractivity contribution < 1.29 is 14.4 Å². The van der Waals surface area contributed by atoms with Crippen LogP contribution in [0.3, 0.4) is 0 Å². The van der Waals surface area contributed by atoms with E-state index in [0.717, 1.165) is 12.2 Å². The van der Waals surface area contributed by atoms with Crippen LogP contribution in [0.15, 0.2) is 36.4 Å². The zero-order chi connectivity index (χ0) is 22.7. The van der Waals surface area contributed by atoms with Crippen molar-refractivity contribution in [3.63, 3.8) is 0 Å². The van der Waals surface area contributed by atoms with Crippen LogP contribution in [-0.2, 0) is 14.4 Å². The molecule has 6 nitrogen and oxygen atoms in total. The van der Waals surface area contributed by atoms with Gasteiger partial charge in [-0.25, -0.2) is 0 Å². The molecule has 3 unspecified atom stereocenters. The normalized spacial score (nSPS) is 21.6. The Morgan fingerprint density at radius 3 is 2.03 bits per heavy atom. The highest BCUT2D eigenvalue weighted by Crippen LogP contribution is 2.37. The molecule has 0 saturated carbocycles. The minimum absolute atomic E-state index is 0.170. The second kappa shape index (κ2) is 9.67. The highest BCUT2D eigenvalue weighted by atomic mass is 16.2. The van der Waals surface area contributed by atoms with Crippen molar-refractivity contribution in [2.75, 3.05) is 16.8 Å². The van der Waals surface area contributed by atoms with Gasteiger partial charge in [-0.15, -0.1) is 0 Å². The molecule has 0 spiro atoms. The van der Waals surface area contributed by atoms with Crippen molar-refractivity contribution in [3.05, 3.63) is 36.4 Å². The number of anilines is 2. The van der Waals surface area contributed by atoms with Gasteiger partial charge in [0.05, 0.1) is 11.8 Å². The fraction of sp³-hybridized carbons (Fsp3) is 0.560. The van der Waals surface area contributed by atoms with Gasteiger partial charge in [-0.1, -0.05) is 26.0 Å². The van der Waals surface area contributed by atoms with Gasteiger partial charge in [0.2, 0.25) is 17.7 Å². The Kier molecular flexibility index (Phi) is 7.19. The molecule has 0 radical (unpaired) electrons. The molecule has 3 amide bonds. The molecule has 1 aromatic rings. The van der Waals surface area contributed by atoms with E-state index >= 15 is 0 Å². The van der Waals surface area contributed by atoms with Gasteiger partial charge in [0, 0.05) is 24.0 Å². The number of likely N-dealkylation sites (tertiary alicyclic amines) is 1. The van der Waals surface area contributed by atoms with Crippen LogP contribution in [0.1, 0.15) is 53.9 Å². The summed E-state index contributed by atoms with van der Waals surface area (Å²) in [5.41, 5.74) is 1.76. The van der Waals surface area contributed by atoms with Gasteiger partial charge in [-0.05, 0) is 70.2 Å². The molecule has 2 aliphatic rings. The minimum Gasteiger partial charge on any atom is -0.369 e. The quantitative estimate of drug-likeness (QED) is 0.500. The van der Waals surface area contributed by atoms with E-state index in [0.29, 0.717) is 31.0 Å². The van der Waals surface area contributed by atoms with E-state index < -0.39 is 6.04 Å². The molecule has 1 N–H and O–H groups in total. The van der Waals surface area contributed by atoms with Gasteiger partial charge in [-0.2, -0.15) is 0 Å². The van der Waals surface area contributed by atoms with Gasteiger partial charge in [-0.3, -0.25) is 19.3 Å². The number of nitrogens with one attached hydrogen (secondary N) is 1. The van der Waals surface area contributed by atoms with E-state index in [-0.39, 0.29) is 35.5 Å². The van der Waals surface area contributed by atoms with Gasteiger partial charge in [0.15, 0.2) is 0 Å². The molecule has 1 aromatic carbocycles. The van der Waals surface area contributed by atoms with E-state index in [4.69, 9.17) is 0 Å². The maximum Gasteiger partial charge on any atom is 0.247 e. The molecule has 168 valence electrons. The smallest absolute Gasteiger partial charge is 0.247 e. The number of carbonyl (C=O) groups excluding carboxylic acids is 3. The van der Waals surface area contributed by atoms with Crippen LogP contribution < -0.4 is 10.2 Å². The summed E-state index contributed by atoms with van der Waals surface area (Å²) in [6.45, 7) is 11.3. The summed E-state index contributed by atoms with van der Waals surface area (Å²) >= 11 is 0. The molecule has 0 bridgehead atoms. The van der Waals surface area contributed by atoms with Gasteiger partial charge in [0.1, 0.15) is 6.04 Å². The second-order valence-corrected chi connectivity index (χ2v) is 9.26. The number of carbonyl (C=O) groups is 3. The van der Waals surface area contributed by atoms with Crippen LogP contribution in [0.2, 0.25) is 0 Å². The number of hydrogen-bond donors (Lipinski definition) is 1. The van der Waals surface area contributed by atoms with Crippen LogP contribution in [0, 0.1) is 17.8 Å². The summed E-state index contributed by atoms with van der Waals surface area (Å²) in [5, 5.41) is 2.94. The number of amides is 3. The number of hydrogen-bond acceptors (Lipinski definition) is 4. The molecule has 1 aliphatic heterocycles. The third-order valence-corrected chi connectivity index (χ3v) is 6.28. The SMILES string of the molecule is CCN(c1ccc(NC(=O)C(CC(C)C)N2C(=O)C3CC=CCC3C2=O)cc1)C(C)C. The van der Waals surface area contributed by atoms with Crippen LogP contribution in [0.5, 0.6) is 0 Å². The average Bonchev–Trinajstić information content (AvgIpc) is 2.98. The van der Waals surface area contributed by atoms with Crippen LogP contribution in [0.4, 0.5) is 11.4 Å². The Bertz CT molecular complexity index is 818. The van der Waals surface area contributed by atoms with E-state index in [2.05, 4.69) is 31.0 Å². The summed E-state index contributed by atoms with van der Waals surface area (Å²) < 4.78 is 0. The number of fused-ring (bicyclic) bond motifs is 1. The van der Waals surface area contributed by atoms with Crippen molar-refractivity contribution in [1.82, 2.24) is 4.90 Å². The molecule has 1 heterocycles. The standard InChI is InChI=1S/C25H35N3O3/c1-6-27(17(4)5)19-13-11-18(12-14-19)26-23(29)22(15-16(2)3)28-24(30)20-9-7-8-10-21(20)25(28)31/h7-8,11-14,16-17,20-22H,6,9-10,15H2,1-5H3,(H,26,29). The average molecular weight is 426 g/mol. The monoisotopic (exact) mass is 425 g/mol. The predicted octanol–water partition coefficient (Wildman–Crippen LogP) is 4.23. The zero-order valence-electron chi connectivity index (χ0n) is 19.3. The van der Waals surface area contributed by atoms with Crippen LogP contribution >= 0.6 is 0 Å². The number of allylic oxidation sites excluding steroid dienone is 2. The molecule has 3 atom stereocenters.